The molecular weight excluding hydrogens is 524 g/mol. The monoisotopic (exact) mass is 558 g/mol. The Morgan fingerprint density at radius 2 is 1.74 bits per heavy atom. The van der Waals surface area contributed by atoms with Gasteiger partial charge >= 0.3 is 0 Å². The Balaban J connectivity index is 1.30. The lowest BCUT2D eigenvalue weighted by atomic mass is 10.0. The third-order valence-corrected chi connectivity index (χ3v) is 8.37. The molecule has 1 aliphatic heterocycles. The first kappa shape index (κ1) is 26.3. The maximum absolute atomic E-state index is 14.2. The van der Waals surface area contributed by atoms with Gasteiger partial charge in [-0.25, -0.2) is 4.98 Å². The predicted octanol–water partition coefficient (Wildman–Crippen LogP) is 4.94. The fraction of sp³-hybridized carbons (Fsp3) is 0.303. The van der Waals surface area contributed by atoms with E-state index in [4.69, 9.17) is 4.98 Å². The largest absolute Gasteiger partial charge is 0.369 e. The van der Waals surface area contributed by atoms with Crippen LogP contribution in [0.1, 0.15) is 41.0 Å². The van der Waals surface area contributed by atoms with Gasteiger partial charge in [0.05, 0.1) is 18.9 Å². The summed E-state index contributed by atoms with van der Waals surface area (Å²) in [6.45, 7) is 8.52. The van der Waals surface area contributed by atoms with Crippen molar-refractivity contribution in [2.24, 2.45) is 0 Å². The van der Waals surface area contributed by atoms with Gasteiger partial charge in [0, 0.05) is 54.7 Å². The maximum Gasteiger partial charge on any atom is 0.260 e. The number of aryl methyl sites for hydroxylation is 2. The van der Waals surface area contributed by atoms with E-state index in [0.29, 0.717) is 29.6 Å². The molecule has 2 N–H and O–H groups in total. The summed E-state index contributed by atoms with van der Waals surface area (Å²) in [6.07, 6.45) is 7.72. The highest BCUT2D eigenvalue weighted by Crippen LogP contribution is 2.41. The number of nitrogens with zero attached hydrogens (tertiary/aromatic N) is 6. The van der Waals surface area contributed by atoms with E-state index in [1.807, 2.05) is 43.5 Å². The van der Waals surface area contributed by atoms with E-state index in [1.165, 1.54) is 16.8 Å². The van der Waals surface area contributed by atoms with Crippen molar-refractivity contribution in [3.63, 3.8) is 0 Å². The van der Waals surface area contributed by atoms with Gasteiger partial charge in [0.2, 0.25) is 5.95 Å². The van der Waals surface area contributed by atoms with E-state index in [-0.39, 0.29) is 5.56 Å². The van der Waals surface area contributed by atoms with Crippen molar-refractivity contribution in [2.45, 2.75) is 39.2 Å². The Kier molecular flexibility index (Phi) is 6.87. The number of piperazine rings is 1. The Morgan fingerprint density at radius 1 is 0.929 bits per heavy atom. The van der Waals surface area contributed by atoms with Gasteiger partial charge in [0.25, 0.3) is 5.56 Å². The van der Waals surface area contributed by atoms with Gasteiger partial charge in [-0.05, 0) is 84.7 Å². The molecule has 212 valence electrons. The van der Waals surface area contributed by atoms with E-state index in [9.17, 15) is 4.79 Å². The first-order valence-corrected chi connectivity index (χ1v) is 14.6. The molecule has 0 amide bonds. The minimum Gasteiger partial charge on any atom is -0.369 e. The summed E-state index contributed by atoms with van der Waals surface area (Å²) >= 11 is 0. The van der Waals surface area contributed by atoms with Gasteiger partial charge in [-0.2, -0.15) is 15.2 Å². The van der Waals surface area contributed by atoms with Gasteiger partial charge < -0.3 is 15.5 Å². The minimum atomic E-state index is -0.0868. The molecule has 7 rings (SSSR count). The van der Waals surface area contributed by atoms with Crippen LogP contribution in [0.15, 0.2) is 71.9 Å². The quantitative estimate of drug-likeness (QED) is 0.290. The van der Waals surface area contributed by atoms with Crippen molar-refractivity contribution in [1.29, 1.82) is 0 Å². The summed E-state index contributed by atoms with van der Waals surface area (Å²) in [4.78, 5) is 26.1. The lowest BCUT2D eigenvalue weighted by Crippen LogP contribution is -2.43. The molecule has 42 heavy (non-hydrogen) atoms. The van der Waals surface area contributed by atoms with Gasteiger partial charge in [0.15, 0.2) is 0 Å². The second-order valence-electron chi connectivity index (χ2n) is 11.3. The van der Waals surface area contributed by atoms with Crippen LogP contribution in [0.3, 0.4) is 0 Å². The molecule has 2 aromatic carbocycles. The number of pyridine rings is 1. The minimum absolute atomic E-state index is 0.0868. The molecule has 3 aromatic heterocycles. The van der Waals surface area contributed by atoms with Crippen molar-refractivity contribution in [3.8, 4) is 11.1 Å². The molecule has 0 bridgehead atoms. The van der Waals surface area contributed by atoms with Gasteiger partial charge in [0.1, 0.15) is 5.65 Å². The molecule has 0 atom stereocenters. The van der Waals surface area contributed by atoms with E-state index < -0.39 is 0 Å². The fourth-order valence-electron chi connectivity index (χ4n) is 5.98. The summed E-state index contributed by atoms with van der Waals surface area (Å²) in [5.74, 6) is 0.931. The molecular formula is C33H34N8O. The topological polar surface area (TPSA) is 101 Å². The molecule has 2 aliphatic rings. The molecule has 0 spiro atoms. The molecule has 4 heterocycles. The summed E-state index contributed by atoms with van der Waals surface area (Å²) in [5.41, 5.74) is 8.61. The second-order valence-corrected chi connectivity index (χ2v) is 11.3. The highest BCUT2D eigenvalue weighted by atomic mass is 16.1. The predicted molar refractivity (Wildman–Crippen MR) is 167 cm³/mol. The second kappa shape index (κ2) is 11.0. The maximum atomic E-state index is 14.2. The molecule has 1 saturated heterocycles. The third-order valence-electron chi connectivity index (χ3n) is 8.37. The molecule has 9 heteroatoms. The van der Waals surface area contributed by atoms with Crippen LogP contribution in [0.5, 0.6) is 0 Å². The smallest absolute Gasteiger partial charge is 0.260 e. The number of rotatable bonds is 7. The van der Waals surface area contributed by atoms with E-state index in [0.717, 1.165) is 66.8 Å². The van der Waals surface area contributed by atoms with Crippen LogP contribution >= 0.6 is 0 Å². The van der Waals surface area contributed by atoms with Gasteiger partial charge in [-0.1, -0.05) is 24.3 Å². The Bertz CT molecular complexity index is 1840. The molecule has 1 saturated carbocycles. The number of anilines is 3. The fourth-order valence-corrected chi connectivity index (χ4v) is 5.98. The zero-order chi connectivity index (χ0) is 28.6. The van der Waals surface area contributed by atoms with Crippen LogP contribution in [-0.2, 0) is 6.54 Å². The van der Waals surface area contributed by atoms with Crippen molar-refractivity contribution in [3.05, 3.63) is 99.7 Å². The summed E-state index contributed by atoms with van der Waals surface area (Å²) in [5, 5.41) is 15.9. The summed E-state index contributed by atoms with van der Waals surface area (Å²) < 4.78 is 1.77. The van der Waals surface area contributed by atoms with Crippen LogP contribution in [-0.4, -0.2) is 50.9 Å². The summed E-state index contributed by atoms with van der Waals surface area (Å²) in [7, 11) is 0. The van der Waals surface area contributed by atoms with E-state index >= 15 is 0 Å². The van der Waals surface area contributed by atoms with Crippen LogP contribution in [0.25, 0.3) is 22.2 Å². The highest BCUT2D eigenvalue weighted by Gasteiger charge is 2.27. The molecule has 5 aromatic rings. The Hall–Kier alpha value is -4.63. The first-order valence-electron chi connectivity index (χ1n) is 14.6. The molecule has 2 fully saturated rings. The molecule has 0 radical (unpaired) electrons. The van der Waals surface area contributed by atoms with Crippen LogP contribution in [0, 0.1) is 13.8 Å². The average molecular weight is 559 g/mol. The summed E-state index contributed by atoms with van der Waals surface area (Å²) in [6, 6.07) is 16.2. The van der Waals surface area contributed by atoms with Crippen LogP contribution in [0.2, 0.25) is 0 Å². The zero-order valence-electron chi connectivity index (χ0n) is 24.0. The van der Waals surface area contributed by atoms with Crippen molar-refractivity contribution >= 4 is 28.4 Å². The van der Waals surface area contributed by atoms with Crippen LogP contribution in [0.4, 0.5) is 17.3 Å². The SMILES string of the molecule is Cc1ccccc1-c1cc2cnc(Nc3ccc(N4CCNCC4)c(C)c3)nc2n(Cc2cnncc2C2CC2)c1=O. The average Bonchev–Trinajstić information content (AvgIpc) is 3.86. The number of fused-ring (bicyclic) bond motifs is 1. The molecule has 0 unspecified atom stereocenters. The molecule has 9 nitrogen and oxygen atoms in total. The van der Waals surface area contributed by atoms with Crippen molar-refractivity contribution in [2.75, 3.05) is 36.4 Å². The lowest BCUT2D eigenvalue weighted by Gasteiger charge is -2.30. The van der Waals surface area contributed by atoms with Gasteiger partial charge in [-0.15, -0.1) is 0 Å². The number of hydrogen-bond donors (Lipinski definition) is 2. The van der Waals surface area contributed by atoms with Gasteiger partial charge in [-0.3, -0.25) is 9.36 Å². The van der Waals surface area contributed by atoms with Crippen molar-refractivity contribution < 1.29 is 0 Å². The number of aromatic nitrogens is 5. The Morgan fingerprint density at radius 3 is 2.52 bits per heavy atom. The first-order chi connectivity index (χ1) is 20.5. The number of nitrogens with one attached hydrogen (secondary N) is 2. The number of hydrogen-bond acceptors (Lipinski definition) is 8. The Labute approximate surface area is 244 Å². The van der Waals surface area contributed by atoms with E-state index in [1.54, 1.807) is 17.0 Å². The lowest BCUT2D eigenvalue weighted by molar-refractivity contribution is 0.588. The standard InChI is InChI=1S/C33H34N8O/c1-21-5-3-4-6-27(21)28-16-24-17-35-33(38-26-9-10-30(22(2)15-26)40-13-11-34-12-14-40)39-31(24)41(32(28)42)20-25-18-36-37-19-29(25)23-7-8-23/h3-6,9-10,15-19,23,34H,7-8,11-14,20H2,1-2H3,(H,35,38,39). The van der Waals surface area contributed by atoms with E-state index in [2.05, 4.69) is 55.8 Å². The zero-order valence-corrected chi connectivity index (χ0v) is 24.0. The number of benzene rings is 2. The normalized spacial score (nSPS) is 15.2. The van der Waals surface area contributed by atoms with Crippen molar-refractivity contribution in [1.82, 2.24) is 30.0 Å². The third kappa shape index (κ3) is 5.12. The van der Waals surface area contributed by atoms with Crippen LogP contribution < -0.4 is 21.1 Å². The molecule has 1 aliphatic carbocycles. The highest BCUT2D eigenvalue weighted by molar-refractivity contribution is 5.82.